The molecule has 0 amide bonds. The van der Waals surface area contributed by atoms with Crippen LogP contribution in [0, 0.1) is 0 Å². The van der Waals surface area contributed by atoms with E-state index in [9.17, 15) is 0 Å². The van der Waals surface area contributed by atoms with Crippen LogP contribution in [0.5, 0.6) is 0 Å². The van der Waals surface area contributed by atoms with Crippen LogP contribution in [0.3, 0.4) is 0 Å². The number of aromatic nitrogens is 2. The molecule has 1 saturated carbocycles. The zero-order valence-electron chi connectivity index (χ0n) is 13.9. The van der Waals surface area contributed by atoms with Crippen molar-refractivity contribution in [3.63, 3.8) is 0 Å². The minimum absolute atomic E-state index is 0.507. The molecular formula is C17H30N4. The van der Waals surface area contributed by atoms with Crippen LogP contribution in [0.2, 0.25) is 0 Å². The monoisotopic (exact) mass is 290 g/mol. The second-order valence-electron chi connectivity index (χ2n) is 7.02. The van der Waals surface area contributed by atoms with Crippen molar-refractivity contribution < 1.29 is 0 Å². The molecule has 0 bridgehead atoms. The van der Waals surface area contributed by atoms with Gasteiger partial charge in [0.1, 0.15) is 5.82 Å². The van der Waals surface area contributed by atoms with Crippen molar-refractivity contribution in [3.05, 3.63) is 17.2 Å². The number of imidazole rings is 1. The van der Waals surface area contributed by atoms with E-state index in [-0.39, 0.29) is 0 Å². The average Bonchev–Trinajstić information content (AvgIpc) is 3.12. The predicted molar refractivity (Wildman–Crippen MR) is 86.6 cm³/mol. The van der Waals surface area contributed by atoms with E-state index in [0.29, 0.717) is 5.92 Å². The van der Waals surface area contributed by atoms with E-state index >= 15 is 0 Å². The van der Waals surface area contributed by atoms with Crippen molar-refractivity contribution in [1.82, 2.24) is 19.8 Å². The first kappa shape index (κ1) is 15.0. The van der Waals surface area contributed by atoms with E-state index in [4.69, 9.17) is 4.98 Å². The second-order valence-corrected chi connectivity index (χ2v) is 7.02. The SMILES string of the molecule is CC(C)c1nc2c(n1CCN(C)C1CCCC1)CCNC2. The van der Waals surface area contributed by atoms with Gasteiger partial charge in [-0.05, 0) is 19.9 Å². The fourth-order valence-corrected chi connectivity index (χ4v) is 3.87. The van der Waals surface area contributed by atoms with Crippen molar-refractivity contribution >= 4 is 0 Å². The molecule has 0 radical (unpaired) electrons. The third-order valence-corrected chi connectivity index (χ3v) is 5.16. The van der Waals surface area contributed by atoms with Gasteiger partial charge >= 0.3 is 0 Å². The molecule has 4 heteroatoms. The van der Waals surface area contributed by atoms with E-state index in [1.54, 1.807) is 0 Å². The van der Waals surface area contributed by atoms with Crippen LogP contribution in [-0.2, 0) is 19.5 Å². The topological polar surface area (TPSA) is 33.1 Å². The van der Waals surface area contributed by atoms with Gasteiger partial charge in [0.2, 0.25) is 0 Å². The maximum atomic E-state index is 4.91. The third-order valence-electron chi connectivity index (χ3n) is 5.16. The van der Waals surface area contributed by atoms with Gasteiger partial charge in [0, 0.05) is 50.3 Å². The van der Waals surface area contributed by atoms with E-state index in [0.717, 1.165) is 38.6 Å². The largest absolute Gasteiger partial charge is 0.330 e. The molecular weight excluding hydrogens is 260 g/mol. The molecule has 0 saturated heterocycles. The zero-order valence-corrected chi connectivity index (χ0v) is 13.9. The van der Waals surface area contributed by atoms with Gasteiger partial charge < -0.3 is 14.8 Å². The molecule has 118 valence electrons. The van der Waals surface area contributed by atoms with Crippen LogP contribution in [0.25, 0.3) is 0 Å². The molecule has 0 atom stereocenters. The fourth-order valence-electron chi connectivity index (χ4n) is 3.87. The fraction of sp³-hybridized carbons (Fsp3) is 0.824. The molecule has 1 N–H and O–H groups in total. The van der Waals surface area contributed by atoms with Crippen molar-refractivity contribution in [1.29, 1.82) is 0 Å². The van der Waals surface area contributed by atoms with Gasteiger partial charge in [-0.1, -0.05) is 26.7 Å². The first-order chi connectivity index (χ1) is 10.2. The van der Waals surface area contributed by atoms with Crippen molar-refractivity contribution in [2.45, 2.75) is 71.0 Å². The number of hydrogen-bond acceptors (Lipinski definition) is 3. The molecule has 1 fully saturated rings. The summed E-state index contributed by atoms with van der Waals surface area (Å²) in [6.07, 6.45) is 6.73. The van der Waals surface area contributed by atoms with E-state index in [1.807, 2.05) is 0 Å². The molecule has 0 unspecified atom stereocenters. The van der Waals surface area contributed by atoms with E-state index in [1.165, 1.54) is 42.9 Å². The van der Waals surface area contributed by atoms with E-state index in [2.05, 4.69) is 35.7 Å². The summed E-state index contributed by atoms with van der Waals surface area (Å²) in [5.41, 5.74) is 2.77. The predicted octanol–water partition coefficient (Wildman–Crippen LogP) is 2.53. The molecule has 2 aliphatic rings. The summed E-state index contributed by atoms with van der Waals surface area (Å²) in [5.74, 6) is 1.79. The van der Waals surface area contributed by atoms with Crippen LogP contribution in [0.1, 0.15) is 62.7 Å². The Kier molecular flexibility index (Phi) is 4.65. The highest BCUT2D eigenvalue weighted by Gasteiger charge is 2.23. The first-order valence-corrected chi connectivity index (χ1v) is 8.66. The number of hydrogen-bond donors (Lipinski definition) is 1. The molecule has 0 aromatic carbocycles. The maximum Gasteiger partial charge on any atom is 0.111 e. The summed E-state index contributed by atoms with van der Waals surface area (Å²) < 4.78 is 2.52. The van der Waals surface area contributed by atoms with Crippen molar-refractivity contribution in [2.75, 3.05) is 20.1 Å². The van der Waals surface area contributed by atoms with Crippen LogP contribution in [0.4, 0.5) is 0 Å². The summed E-state index contributed by atoms with van der Waals surface area (Å²) in [5, 5.41) is 3.44. The second kappa shape index (κ2) is 6.49. The minimum Gasteiger partial charge on any atom is -0.330 e. The Balaban J connectivity index is 1.72. The van der Waals surface area contributed by atoms with Gasteiger partial charge in [-0.15, -0.1) is 0 Å². The van der Waals surface area contributed by atoms with Crippen LogP contribution >= 0.6 is 0 Å². The third kappa shape index (κ3) is 3.16. The Morgan fingerprint density at radius 3 is 2.81 bits per heavy atom. The van der Waals surface area contributed by atoms with Gasteiger partial charge in [0.25, 0.3) is 0 Å². The average molecular weight is 290 g/mol. The maximum absolute atomic E-state index is 4.91. The summed E-state index contributed by atoms with van der Waals surface area (Å²) >= 11 is 0. The Labute approximate surface area is 128 Å². The summed E-state index contributed by atoms with van der Waals surface area (Å²) in [4.78, 5) is 7.48. The standard InChI is InChI=1S/C17H30N4/c1-13(2)17-19-15-12-18-9-8-16(15)21(17)11-10-20(3)14-6-4-5-7-14/h13-14,18H,4-12H2,1-3H3. The van der Waals surface area contributed by atoms with Gasteiger partial charge in [-0.3, -0.25) is 0 Å². The number of nitrogens with zero attached hydrogens (tertiary/aromatic N) is 3. The lowest BCUT2D eigenvalue weighted by Crippen LogP contribution is -2.33. The normalized spacial score (nSPS) is 19.7. The quantitative estimate of drug-likeness (QED) is 0.904. The Bertz CT molecular complexity index is 471. The number of likely N-dealkylation sites (N-methyl/N-ethyl adjacent to an activating group) is 1. The van der Waals surface area contributed by atoms with Crippen LogP contribution in [0.15, 0.2) is 0 Å². The van der Waals surface area contributed by atoms with Gasteiger partial charge in [-0.25, -0.2) is 4.98 Å². The highest BCUT2D eigenvalue weighted by molar-refractivity contribution is 5.21. The van der Waals surface area contributed by atoms with Gasteiger partial charge in [0.05, 0.1) is 5.69 Å². The lowest BCUT2D eigenvalue weighted by molar-refractivity contribution is 0.234. The first-order valence-electron chi connectivity index (χ1n) is 8.66. The molecule has 1 aromatic heterocycles. The Hall–Kier alpha value is -0.870. The number of nitrogens with one attached hydrogen (secondary N) is 1. The molecule has 3 rings (SSSR count). The van der Waals surface area contributed by atoms with Gasteiger partial charge in [0.15, 0.2) is 0 Å². The molecule has 2 heterocycles. The lowest BCUT2D eigenvalue weighted by Gasteiger charge is -2.25. The highest BCUT2D eigenvalue weighted by Crippen LogP contribution is 2.24. The van der Waals surface area contributed by atoms with Crippen LogP contribution in [-0.4, -0.2) is 40.6 Å². The summed E-state index contributed by atoms with van der Waals surface area (Å²) in [6.45, 7) is 8.81. The Morgan fingerprint density at radius 2 is 2.10 bits per heavy atom. The number of fused-ring (bicyclic) bond motifs is 1. The molecule has 1 aliphatic heterocycles. The lowest BCUT2D eigenvalue weighted by atomic mass is 10.1. The summed E-state index contributed by atoms with van der Waals surface area (Å²) in [6, 6.07) is 0.813. The zero-order chi connectivity index (χ0) is 14.8. The molecule has 4 nitrogen and oxygen atoms in total. The smallest absolute Gasteiger partial charge is 0.111 e. The summed E-state index contributed by atoms with van der Waals surface area (Å²) in [7, 11) is 2.30. The van der Waals surface area contributed by atoms with E-state index < -0.39 is 0 Å². The Morgan fingerprint density at radius 1 is 1.33 bits per heavy atom. The van der Waals surface area contributed by atoms with Gasteiger partial charge in [-0.2, -0.15) is 0 Å². The van der Waals surface area contributed by atoms with Crippen molar-refractivity contribution in [2.24, 2.45) is 0 Å². The highest BCUT2D eigenvalue weighted by atomic mass is 15.2. The molecule has 0 spiro atoms. The molecule has 1 aliphatic carbocycles. The number of rotatable bonds is 5. The van der Waals surface area contributed by atoms with Crippen molar-refractivity contribution in [3.8, 4) is 0 Å². The molecule has 21 heavy (non-hydrogen) atoms. The van der Waals surface area contributed by atoms with Crippen LogP contribution < -0.4 is 5.32 Å². The molecule has 1 aromatic rings. The minimum atomic E-state index is 0.507.